The minimum Gasteiger partial charge on any atom is -0.472 e. The number of hydrogen-bond acceptors (Lipinski definition) is 2. The van der Waals surface area contributed by atoms with Gasteiger partial charge in [-0.25, -0.2) is 4.39 Å². The van der Waals surface area contributed by atoms with E-state index in [0.29, 0.717) is 6.42 Å². The van der Waals surface area contributed by atoms with E-state index in [9.17, 15) is 9.50 Å². The largest absolute Gasteiger partial charge is 0.472 e. The van der Waals surface area contributed by atoms with Crippen LogP contribution < -0.4 is 0 Å². The number of aliphatic hydroxyl groups excluding tert-OH is 1. The fourth-order valence-electron chi connectivity index (χ4n) is 1.68. The van der Waals surface area contributed by atoms with Crippen molar-refractivity contribution in [2.75, 3.05) is 0 Å². The van der Waals surface area contributed by atoms with Gasteiger partial charge in [0.05, 0.1) is 18.6 Å². The van der Waals surface area contributed by atoms with E-state index >= 15 is 0 Å². The van der Waals surface area contributed by atoms with Crippen molar-refractivity contribution >= 4 is 0 Å². The highest BCUT2D eigenvalue weighted by Crippen LogP contribution is 2.21. The van der Waals surface area contributed by atoms with Crippen LogP contribution >= 0.6 is 0 Å². The number of hydrogen-bond donors (Lipinski definition) is 1. The van der Waals surface area contributed by atoms with Gasteiger partial charge in [-0.15, -0.1) is 0 Å². The van der Waals surface area contributed by atoms with Gasteiger partial charge < -0.3 is 9.52 Å². The van der Waals surface area contributed by atoms with Crippen LogP contribution in [0.25, 0.3) is 0 Å². The van der Waals surface area contributed by atoms with Gasteiger partial charge in [0, 0.05) is 12.0 Å². The van der Waals surface area contributed by atoms with Crippen LogP contribution in [0.3, 0.4) is 0 Å². The molecule has 1 aromatic carbocycles. The van der Waals surface area contributed by atoms with Gasteiger partial charge in [0.25, 0.3) is 0 Å². The highest BCUT2D eigenvalue weighted by molar-refractivity contribution is 5.28. The van der Waals surface area contributed by atoms with Crippen molar-refractivity contribution in [2.24, 2.45) is 0 Å². The SMILES string of the molecule is Cc1cc(F)ccc1CC(O)c1ccoc1. The Morgan fingerprint density at radius 1 is 1.38 bits per heavy atom. The van der Waals surface area contributed by atoms with E-state index in [4.69, 9.17) is 4.42 Å². The van der Waals surface area contributed by atoms with E-state index in [-0.39, 0.29) is 5.82 Å². The first-order valence-electron chi connectivity index (χ1n) is 5.12. The van der Waals surface area contributed by atoms with Crippen LogP contribution in [0.4, 0.5) is 4.39 Å². The average molecular weight is 220 g/mol. The first kappa shape index (κ1) is 10.9. The van der Waals surface area contributed by atoms with E-state index in [0.717, 1.165) is 16.7 Å². The summed E-state index contributed by atoms with van der Waals surface area (Å²) in [6.45, 7) is 1.83. The topological polar surface area (TPSA) is 33.4 Å². The number of aliphatic hydroxyl groups is 1. The number of aryl methyl sites for hydroxylation is 1. The van der Waals surface area contributed by atoms with Crippen LogP contribution in [-0.2, 0) is 6.42 Å². The molecule has 84 valence electrons. The highest BCUT2D eigenvalue weighted by atomic mass is 19.1. The van der Waals surface area contributed by atoms with Gasteiger partial charge in [-0.2, -0.15) is 0 Å². The van der Waals surface area contributed by atoms with Crippen LogP contribution in [0.5, 0.6) is 0 Å². The fourth-order valence-corrected chi connectivity index (χ4v) is 1.68. The maximum atomic E-state index is 12.9. The Balaban J connectivity index is 2.15. The van der Waals surface area contributed by atoms with Gasteiger partial charge in [0.2, 0.25) is 0 Å². The third kappa shape index (κ3) is 2.31. The molecule has 0 bridgehead atoms. The number of rotatable bonds is 3. The molecule has 0 fully saturated rings. The molecule has 2 aromatic rings. The third-order valence-electron chi connectivity index (χ3n) is 2.65. The molecule has 0 aliphatic heterocycles. The second-order valence-corrected chi connectivity index (χ2v) is 3.85. The molecule has 0 aliphatic carbocycles. The van der Waals surface area contributed by atoms with Gasteiger partial charge >= 0.3 is 0 Å². The second kappa shape index (κ2) is 4.49. The summed E-state index contributed by atoms with van der Waals surface area (Å²) >= 11 is 0. The Kier molecular flexibility index (Phi) is 3.06. The van der Waals surface area contributed by atoms with E-state index in [2.05, 4.69) is 0 Å². The first-order chi connectivity index (χ1) is 7.66. The standard InChI is InChI=1S/C13H13FO2/c1-9-6-12(14)3-2-10(9)7-13(15)11-4-5-16-8-11/h2-6,8,13,15H,7H2,1H3. The quantitative estimate of drug-likeness (QED) is 0.862. The second-order valence-electron chi connectivity index (χ2n) is 3.85. The summed E-state index contributed by atoms with van der Waals surface area (Å²) in [5.41, 5.74) is 2.53. The smallest absolute Gasteiger partial charge is 0.123 e. The summed E-state index contributed by atoms with van der Waals surface area (Å²) in [7, 11) is 0. The van der Waals surface area contributed by atoms with Crippen molar-refractivity contribution < 1.29 is 13.9 Å². The van der Waals surface area contributed by atoms with Crippen LogP contribution in [0.2, 0.25) is 0 Å². The molecule has 1 heterocycles. The van der Waals surface area contributed by atoms with E-state index < -0.39 is 6.10 Å². The Bertz CT molecular complexity index is 463. The summed E-state index contributed by atoms with van der Waals surface area (Å²) in [4.78, 5) is 0. The summed E-state index contributed by atoms with van der Waals surface area (Å²) in [6, 6.07) is 6.30. The Hall–Kier alpha value is -1.61. The summed E-state index contributed by atoms with van der Waals surface area (Å²) in [5, 5.41) is 9.90. The molecular weight excluding hydrogens is 207 g/mol. The molecule has 2 rings (SSSR count). The predicted octanol–water partition coefficient (Wildman–Crippen LogP) is 3.00. The molecule has 0 radical (unpaired) electrons. The number of halogens is 1. The maximum Gasteiger partial charge on any atom is 0.123 e. The Morgan fingerprint density at radius 2 is 2.19 bits per heavy atom. The fraction of sp³-hybridized carbons (Fsp3) is 0.231. The van der Waals surface area contributed by atoms with Crippen molar-refractivity contribution in [2.45, 2.75) is 19.4 Å². The molecule has 1 unspecified atom stereocenters. The van der Waals surface area contributed by atoms with E-state index in [1.165, 1.54) is 24.7 Å². The first-order valence-corrected chi connectivity index (χ1v) is 5.12. The minimum atomic E-state index is -0.608. The van der Waals surface area contributed by atoms with Crippen molar-refractivity contribution in [3.05, 3.63) is 59.3 Å². The van der Waals surface area contributed by atoms with Gasteiger partial charge in [-0.05, 0) is 36.2 Å². The molecule has 3 heteroatoms. The minimum absolute atomic E-state index is 0.251. The van der Waals surface area contributed by atoms with E-state index in [1.54, 1.807) is 12.1 Å². The summed E-state index contributed by atoms with van der Waals surface area (Å²) in [6.07, 6.45) is 2.90. The average Bonchev–Trinajstić information content (AvgIpc) is 2.75. The molecule has 0 amide bonds. The lowest BCUT2D eigenvalue weighted by atomic mass is 10.00. The third-order valence-corrected chi connectivity index (χ3v) is 2.65. The van der Waals surface area contributed by atoms with Gasteiger partial charge in [-0.1, -0.05) is 6.07 Å². The molecular formula is C13H13FO2. The van der Waals surface area contributed by atoms with Gasteiger partial charge in [0.15, 0.2) is 0 Å². The Morgan fingerprint density at radius 3 is 2.81 bits per heavy atom. The monoisotopic (exact) mass is 220 g/mol. The van der Waals surface area contributed by atoms with E-state index in [1.807, 2.05) is 6.92 Å². The highest BCUT2D eigenvalue weighted by Gasteiger charge is 2.11. The predicted molar refractivity (Wildman–Crippen MR) is 58.5 cm³/mol. The van der Waals surface area contributed by atoms with Crippen molar-refractivity contribution in [1.29, 1.82) is 0 Å². The lowest BCUT2D eigenvalue weighted by molar-refractivity contribution is 0.177. The molecule has 0 aliphatic rings. The van der Waals surface area contributed by atoms with Gasteiger partial charge in [0.1, 0.15) is 5.82 Å². The normalized spacial score (nSPS) is 12.7. The van der Waals surface area contributed by atoms with Crippen molar-refractivity contribution in [3.8, 4) is 0 Å². The molecule has 1 N–H and O–H groups in total. The summed E-state index contributed by atoms with van der Waals surface area (Å²) in [5.74, 6) is -0.251. The van der Waals surface area contributed by atoms with Crippen LogP contribution in [0.15, 0.2) is 41.2 Å². The molecule has 0 saturated carbocycles. The van der Waals surface area contributed by atoms with Crippen LogP contribution in [-0.4, -0.2) is 5.11 Å². The zero-order chi connectivity index (χ0) is 11.5. The molecule has 16 heavy (non-hydrogen) atoms. The molecule has 1 atom stereocenters. The van der Waals surface area contributed by atoms with Gasteiger partial charge in [-0.3, -0.25) is 0 Å². The van der Waals surface area contributed by atoms with Crippen molar-refractivity contribution in [3.63, 3.8) is 0 Å². The van der Waals surface area contributed by atoms with Crippen LogP contribution in [0.1, 0.15) is 22.8 Å². The maximum absolute atomic E-state index is 12.9. The lowest BCUT2D eigenvalue weighted by Gasteiger charge is -2.10. The molecule has 0 spiro atoms. The molecule has 2 nitrogen and oxygen atoms in total. The lowest BCUT2D eigenvalue weighted by Crippen LogP contribution is -2.02. The summed E-state index contributed by atoms with van der Waals surface area (Å²) < 4.78 is 17.8. The number of benzene rings is 1. The zero-order valence-corrected chi connectivity index (χ0v) is 8.98. The van der Waals surface area contributed by atoms with Crippen molar-refractivity contribution in [1.82, 2.24) is 0 Å². The Labute approximate surface area is 93.3 Å². The van der Waals surface area contributed by atoms with Crippen LogP contribution in [0, 0.1) is 12.7 Å². The number of furan rings is 1. The molecule has 1 aromatic heterocycles. The zero-order valence-electron chi connectivity index (χ0n) is 8.98. The molecule has 0 saturated heterocycles.